The van der Waals surface area contributed by atoms with Crippen LogP contribution < -0.4 is 10.2 Å². The fourth-order valence-corrected chi connectivity index (χ4v) is 2.95. The van der Waals surface area contributed by atoms with Crippen molar-refractivity contribution in [2.75, 3.05) is 11.4 Å². The first-order valence-electron chi connectivity index (χ1n) is 8.34. The molecule has 1 aromatic heterocycles. The summed E-state index contributed by atoms with van der Waals surface area (Å²) < 4.78 is 0. The standard InChI is InChI=1S/C18H31N3/c1-14-11-16(13-19-18(3,4)5)12-17(20-14)21-10-8-6-7-9-15(21)2/h11-12,15,19H,6-10,13H2,1-5H3. The highest BCUT2D eigenvalue weighted by atomic mass is 15.2. The van der Waals surface area contributed by atoms with E-state index >= 15 is 0 Å². The highest BCUT2D eigenvalue weighted by Gasteiger charge is 2.19. The van der Waals surface area contributed by atoms with Gasteiger partial charge in [0.05, 0.1) is 0 Å². The fourth-order valence-electron chi connectivity index (χ4n) is 2.95. The zero-order chi connectivity index (χ0) is 15.5. The summed E-state index contributed by atoms with van der Waals surface area (Å²) in [7, 11) is 0. The van der Waals surface area contributed by atoms with Crippen LogP contribution in [0.4, 0.5) is 5.82 Å². The second kappa shape index (κ2) is 6.78. The van der Waals surface area contributed by atoms with Gasteiger partial charge in [-0.15, -0.1) is 0 Å². The number of aryl methyl sites for hydroxylation is 1. The summed E-state index contributed by atoms with van der Waals surface area (Å²) >= 11 is 0. The Balaban J connectivity index is 2.17. The van der Waals surface area contributed by atoms with Gasteiger partial charge in [0.25, 0.3) is 0 Å². The highest BCUT2D eigenvalue weighted by molar-refractivity contribution is 5.44. The van der Waals surface area contributed by atoms with Gasteiger partial charge >= 0.3 is 0 Å². The smallest absolute Gasteiger partial charge is 0.129 e. The minimum atomic E-state index is 0.146. The van der Waals surface area contributed by atoms with E-state index in [9.17, 15) is 0 Å². The first-order valence-corrected chi connectivity index (χ1v) is 8.34. The van der Waals surface area contributed by atoms with E-state index in [1.54, 1.807) is 0 Å². The summed E-state index contributed by atoms with van der Waals surface area (Å²) in [4.78, 5) is 7.29. The largest absolute Gasteiger partial charge is 0.354 e. The maximum absolute atomic E-state index is 4.79. The van der Waals surface area contributed by atoms with Crippen molar-refractivity contribution in [2.24, 2.45) is 0 Å². The molecule has 0 aliphatic carbocycles. The van der Waals surface area contributed by atoms with Gasteiger partial charge in [-0.3, -0.25) is 0 Å². The van der Waals surface area contributed by atoms with E-state index in [0.717, 1.165) is 24.6 Å². The zero-order valence-corrected chi connectivity index (χ0v) is 14.4. The molecular formula is C18H31N3. The second-order valence-electron chi connectivity index (χ2n) is 7.47. The molecule has 1 fully saturated rings. The highest BCUT2D eigenvalue weighted by Crippen LogP contribution is 2.24. The number of pyridine rings is 1. The molecule has 0 bridgehead atoms. The van der Waals surface area contributed by atoms with Crippen molar-refractivity contribution < 1.29 is 0 Å². The molecule has 3 heteroatoms. The molecule has 0 radical (unpaired) electrons. The minimum absolute atomic E-state index is 0.146. The van der Waals surface area contributed by atoms with E-state index < -0.39 is 0 Å². The SMILES string of the molecule is Cc1cc(CNC(C)(C)C)cc(N2CCCCCC2C)n1. The number of anilines is 1. The molecule has 0 amide bonds. The predicted molar refractivity (Wildman–Crippen MR) is 90.8 cm³/mol. The molecule has 2 rings (SSSR count). The van der Waals surface area contributed by atoms with Crippen LogP contribution in [0.3, 0.4) is 0 Å². The molecule has 21 heavy (non-hydrogen) atoms. The monoisotopic (exact) mass is 289 g/mol. The second-order valence-corrected chi connectivity index (χ2v) is 7.47. The average molecular weight is 289 g/mol. The Bertz CT molecular complexity index is 462. The van der Waals surface area contributed by atoms with Gasteiger partial charge in [0.15, 0.2) is 0 Å². The Morgan fingerprint density at radius 2 is 2.00 bits per heavy atom. The van der Waals surface area contributed by atoms with E-state index in [-0.39, 0.29) is 5.54 Å². The molecule has 1 aliphatic rings. The van der Waals surface area contributed by atoms with Gasteiger partial charge < -0.3 is 10.2 Å². The summed E-state index contributed by atoms with van der Waals surface area (Å²) in [5, 5.41) is 3.57. The summed E-state index contributed by atoms with van der Waals surface area (Å²) in [5.41, 5.74) is 2.60. The fraction of sp³-hybridized carbons (Fsp3) is 0.722. The average Bonchev–Trinajstić information content (AvgIpc) is 2.60. The van der Waals surface area contributed by atoms with E-state index in [1.165, 1.54) is 31.2 Å². The van der Waals surface area contributed by atoms with Crippen LogP contribution in [-0.2, 0) is 6.54 Å². The Morgan fingerprint density at radius 1 is 1.24 bits per heavy atom. The third-order valence-electron chi connectivity index (χ3n) is 4.17. The molecule has 1 saturated heterocycles. The lowest BCUT2D eigenvalue weighted by atomic mass is 10.1. The van der Waals surface area contributed by atoms with Crippen molar-refractivity contribution in [3.63, 3.8) is 0 Å². The van der Waals surface area contributed by atoms with Crippen LogP contribution in [0.5, 0.6) is 0 Å². The van der Waals surface area contributed by atoms with E-state index in [4.69, 9.17) is 4.98 Å². The molecule has 118 valence electrons. The third-order valence-corrected chi connectivity index (χ3v) is 4.17. The number of rotatable bonds is 3. The first-order chi connectivity index (χ1) is 9.85. The molecule has 1 aromatic rings. The predicted octanol–water partition coefficient (Wildman–Crippen LogP) is 4.05. The number of aromatic nitrogens is 1. The van der Waals surface area contributed by atoms with Crippen LogP contribution in [0.25, 0.3) is 0 Å². The Kier molecular flexibility index (Phi) is 5.26. The first kappa shape index (κ1) is 16.3. The lowest BCUT2D eigenvalue weighted by Gasteiger charge is -2.29. The Hall–Kier alpha value is -1.09. The van der Waals surface area contributed by atoms with E-state index in [2.05, 4.69) is 57.0 Å². The lowest BCUT2D eigenvalue weighted by molar-refractivity contribution is 0.424. The van der Waals surface area contributed by atoms with Crippen LogP contribution in [0.1, 0.15) is 64.6 Å². The molecule has 3 nitrogen and oxygen atoms in total. The van der Waals surface area contributed by atoms with Crippen molar-refractivity contribution in [1.29, 1.82) is 0 Å². The normalized spacial score (nSPS) is 20.4. The van der Waals surface area contributed by atoms with E-state index in [1.807, 2.05) is 0 Å². The number of hydrogen-bond acceptors (Lipinski definition) is 3. The van der Waals surface area contributed by atoms with Crippen LogP contribution in [0, 0.1) is 6.92 Å². The minimum Gasteiger partial charge on any atom is -0.354 e. The lowest BCUT2D eigenvalue weighted by Crippen LogP contribution is -2.35. The topological polar surface area (TPSA) is 28.2 Å². The van der Waals surface area contributed by atoms with Crippen molar-refractivity contribution in [1.82, 2.24) is 10.3 Å². The molecule has 0 spiro atoms. The molecule has 1 atom stereocenters. The molecule has 2 heterocycles. The van der Waals surface area contributed by atoms with Crippen LogP contribution in [0.2, 0.25) is 0 Å². The number of nitrogens with zero attached hydrogens (tertiary/aromatic N) is 2. The third kappa shape index (κ3) is 4.99. The van der Waals surface area contributed by atoms with Gasteiger partial charge in [0.1, 0.15) is 5.82 Å². The van der Waals surface area contributed by atoms with Crippen molar-refractivity contribution >= 4 is 5.82 Å². The van der Waals surface area contributed by atoms with Crippen LogP contribution in [0.15, 0.2) is 12.1 Å². The van der Waals surface area contributed by atoms with E-state index in [0.29, 0.717) is 6.04 Å². The van der Waals surface area contributed by atoms with Crippen molar-refractivity contribution in [3.05, 3.63) is 23.4 Å². The summed E-state index contributed by atoms with van der Waals surface area (Å²) in [5.74, 6) is 1.16. The quantitative estimate of drug-likeness (QED) is 0.910. The van der Waals surface area contributed by atoms with Crippen molar-refractivity contribution in [3.8, 4) is 0 Å². The maximum Gasteiger partial charge on any atom is 0.129 e. The van der Waals surface area contributed by atoms with Crippen molar-refractivity contribution in [2.45, 2.75) is 78.4 Å². The molecular weight excluding hydrogens is 258 g/mol. The van der Waals surface area contributed by atoms with Crippen LogP contribution in [-0.4, -0.2) is 23.1 Å². The molecule has 0 saturated carbocycles. The number of hydrogen-bond donors (Lipinski definition) is 1. The van der Waals surface area contributed by atoms with Gasteiger partial charge in [-0.2, -0.15) is 0 Å². The van der Waals surface area contributed by atoms with Gasteiger partial charge in [0.2, 0.25) is 0 Å². The van der Waals surface area contributed by atoms with Gasteiger partial charge in [0, 0.05) is 30.4 Å². The zero-order valence-electron chi connectivity index (χ0n) is 14.4. The maximum atomic E-state index is 4.79. The van der Waals surface area contributed by atoms with Gasteiger partial charge in [-0.05, 0) is 65.2 Å². The van der Waals surface area contributed by atoms with Gasteiger partial charge in [-0.25, -0.2) is 4.98 Å². The van der Waals surface area contributed by atoms with Crippen LogP contribution >= 0.6 is 0 Å². The molecule has 1 N–H and O–H groups in total. The van der Waals surface area contributed by atoms with Gasteiger partial charge in [-0.1, -0.05) is 12.8 Å². The molecule has 0 aromatic carbocycles. The summed E-state index contributed by atoms with van der Waals surface area (Å²) in [6.07, 6.45) is 5.27. The number of nitrogens with one attached hydrogen (secondary N) is 1. The Labute approximate surface area is 130 Å². The molecule has 1 aliphatic heterocycles. The Morgan fingerprint density at radius 3 is 2.71 bits per heavy atom. The summed E-state index contributed by atoms with van der Waals surface area (Å²) in [6.45, 7) is 13.1. The molecule has 1 unspecified atom stereocenters. The summed E-state index contributed by atoms with van der Waals surface area (Å²) in [6, 6.07) is 5.07.